The molecule has 1 amide bonds. The molecule has 94 valence electrons. The van der Waals surface area contributed by atoms with Gasteiger partial charge in [0.25, 0.3) is 0 Å². The zero-order valence-electron chi connectivity index (χ0n) is 9.63. The number of carbonyl (C=O) groups excluding carboxylic acids is 1. The summed E-state index contributed by atoms with van der Waals surface area (Å²) in [5.74, 6) is 0.00752. The predicted octanol–water partition coefficient (Wildman–Crippen LogP) is 2.69. The minimum atomic E-state index is 0.00752. The summed E-state index contributed by atoms with van der Waals surface area (Å²) in [5, 5.41) is 3.80. The van der Waals surface area contributed by atoms with Crippen LogP contribution in [0.3, 0.4) is 0 Å². The van der Waals surface area contributed by atoms with Crippen molar-refractivity contribution < 1.29 is 9.53 Å². The molecule has 0 atom stereocenters. The maximum Gasteiger partial charge on any atom is 0.220 e. The molecule has 0 aliphatic heterocycles. The lowest BCUT2D eigenvalue weighted by atomic mass is 10.1. The topological polar surface area (TPSA) is 38.3 Å². The lowest BCUT2D eigenvalue weighted by Gasteiger charge is -2.05. The van der Waals surface area contributed by atoms with Crippen molar-refractivity contribution >= 4 is 29.1 Å². The Morgan fingerprint density at radius 3 is 2.76 bits per heavy atom. The van der Waals surface area contributed by atoms with Gasteiger partial charge < -0.3 is 10.1 Å². The Bertz CT molecular complexity index is 383. The van der Waals surface area contributed by atoms with Gasteiger partial charge in [-0.15, -0.1) is 0 Å². The van der Waals surface area contributed by atoms with Crippen LogP contribution in [0.2, 0.25) is 10.0 Å². The molecule has 0 spiro atoms. The number of carbonyl (C=O) groups is 1. The highest BCUT2D eigenvalue weighted by molar-refractivity contribution is 6.42. The molecule has 0 unspecified atom stereocenters. The Kier molecular flexibility index (Phi) is 6.34. The number of rotatable bonds is 6. The Hall–Kier alpha value is -0.770. The second-order valence-corrected chi connectivity index (χ2v) is 4.41. The van der Waals surface area contributed by atoms with Crippen LogP contribution in [0.1, 0.15) is 12.0 Å². The fraction of sp³-hybridized carbons (Fsp3) is 0.417. The summed E-state index contributed by atoms with van der Waals surface area (Å²) in [7, 11) is 1.60. The van der Waals surface area contributed by atoms with Gasteiger partial charge in [-0.1, -0.05) is 29.3 Å². The average molecular weight is 276 g/mol. The normalized spacial score (nSPS) is 10.3. The van der Waals surface area contributed by atoms with E-state index in [2.05, 4.69) is 5.32 Å². The number of ether oxygens (including phenoxy) is 1. The van der Waals surface area contributed by atoms with Crippen LogP contribution in [0, 0.1) is 0 Å². The van der Waals surface area contributed by atoms with E-state index < -0.39 is 0 Å². The third-order valence-corrected chi connectivity index (χ3v) is 2.99. The second kappa shape index (κ2) is 7.54. The number of aryl methyl sites for hydroxylation is 1. The van der Waals surface area contributed by atoms with Gasteiger partial charge >= 0.3 is 0 Å². The standard InChI is InChI=1S/C12H15Cl2NO2/c1-17-7-6-15-12(16)5-3-9-2-4-10(13)11(14)8-9/h2,4,8H,3,5-7H2,1H3,(H,15,16). The highest BCUT2D eigenvalue weighted by atomic mass is 35.5. The van der Waals surface area contributed by atoms with Crippen LogP contribution in [0.25, 0.3) is 0 Å². The predicted molar refractivity (Wildman–Crippen MR) is 69.7 cm³/mol. The first kappa shape index (κ1) is 14.3. The van der Waals surface area contributed by atoms with E-state index in [0.29, 0.717) is 36.0 Å². The molecule has 1 aromatic rings. The minimum absolute atomic E-state index is 0.00752. The summed E-state index contributed by atoms with van der Waals surface area (Å²) < 4.78 is 4.84. The SMILES string of the molecule is COCCNC(=O)CCc1ccc(Cl)c(Cl)c1. The summed E-state index contributed by atoms with van der Waals surface area (Å²) in [6, 6.07) is 5.39. The van der Waals surface area contributed by atoms with Crippen LogP contribution in [0.5, 0.6) is 0 Å². The maximum absolute atomic E-state index is 11.4. The van der Waals surface area contributed by atoms with Gasteiger partial charge in [0.1, 0.15) is 0 Å². The number of amides is 1. The van der Waals surface area contributed by atoms with Crippen LogP contribution in [0.4, 0.5) is 0 Å². The van der Waals surface area contributed by atoms with Crippen LogP contribution in [0.15, 0.2) is 18.2 Å². The summed E-state index contributed by atoms with van der Waals surface area (Å²) in [5.41, 5.74) is 1.00. The molecule has 0 aliphatic carbocycles. The van der Waals surface area contributed by atoms with Gasteiger partial charge in [-0.3, -0.25) is 4.79 Å². The molecule has 0 aliphatic rings. The number of hydrogen-bond donors (Lipinski definition) is 1. The first-order valence-electron chi connectivity index (χ1n) is 5.33. The molecule has 0 bridgehead atoms. The largest absolute Gasteiger partial charge is 0.383 e. The average Bonchev–Trinajstić information content (AvgIpc) is 2.31. The number of methoxy groups -OCH3 is 1. The summed E-state index contributed by atoms with van der Waals surface area (Å²) in [6.07, 6.45) is 1.08. The quantitative estimate of drug-likeness (QED) is 0.811. The zero-order chi connectivity index (χ0) is 12.7. The Morgan fingerprint density at radius 2 is 2.12 bits per heavy atom. The third-order valence-electron chi connectivity index (χ3n) is 2.25. The monoisotopic (exact) mass is 275 g/mol. The van der Waals surface area contributed by atoms with E-state index in [9.17, 15) is 4.79 Å². The molecular weight excluding hydrogens is 261 g/mol. The van der Waals surface area contributed by atoms with Crippen molar-refractivity contribution in [2.75, 3.05) is 20.3 Å². The molecule has 0 aromatic heterocycles. The van der Waals surface area contributed by atoms with Gasteiger partial charge in [0.05, 0.1) is 16.7 Å². The van der Waals surface area contributed by atoms with Crippen molar-refractivity contribution in [2.45, 2.75) is 12.8 Å². The highest BCUT2D eigenvalue weighted by Gasteiger charge is 2.03. The van der Waals surface area contributed by atoms with E-state index in [0.717, 1.165) is 5.56 Å². The first-order chi connectivity index (χ1) is 8.13. The molecule has 0 saturated heterocycles. The minimum Gasteiger partial charge on any atom is -0.383 e. The van der Waals surface area contributed by atoms with Crippen molar-refractivity contribution in [1.82, 2.24) is 5.32 Å². The van der Waals surface area contributed by atoms with Gasteiger partial charge in [-0.05, 0) is 24.1 Å². The molecule has 0 fully saturated rings. The van der Waals surface area contributed by atoms with Gasteiger partial charge in [0.2, 0.25) is 5.91 Å². The van der Waals surface area contributed by atoms with Crippen LogP contribution in [-0.4, -0.2) is 26.2 Å². The third kappa shape index (κ3) is 5.39. The molecule has 5 heteroatoms. The van der Waals surface area contributed by atoms with E-state index in [-0.39, 0.29) is 5.91 Å². The van der Waals surface area contributed by atoms with Crippen LogP contribution >= 0.6 is 23.2 Å². The fourth-order valence-electron chi connectivity index (χ4n) is 1.33. The Balaban J connectivity index is 2.34. The van der Waals surface area contributed by atoms with E-state index in [1.165, 1.54) is 0 Å². The fourth-order valence-corrected chi connectivity index (χ4v) is 1.65. The van der Waals surface area contributed by atoms with E-state index in [1.807, 2.05) is 6.07 Å². The lowest BCUT2D eigenvalue weighted by molar-refractivity contribution is -0.121. The van der Waals surface area contributed by atoms with E-state index in [1.54, 1.807) is 19.2 Å². The Labute approximate surface area is 111 Å². The molecule has 3 nitrogen and oxygen atoms in total. The molecule has 1 rings (SSSR count). The highest BCUT2D eigenvalue weighted by Crippen LogP contribution is 2.23. The number of hydrogen-bond acceptors (Lipinski definition) is 2. The molecular formula is C12H15Cl2NO2. The van der Waals surface area contributed by atoms with Crippen molar-refractivity contribution in [1.29, 1.82) is 0 Å². The summed E-state index contributed by atoms with van der Waals surface area (Å²) in [6.45, 7) is 1.06. The molecule has 1 aromatic carbocycles. The van der Waals surface area contributed by atoms with E-state index in [4.69, 9.17) is 27.9 Å². The zero-order valence-corrected chi connectivity index (χ0v) is 11.1. The maximum atomic E-state index is 11.4. The molecule has 0 saturated carbocycles. The number of nitrogens with one attached hydrogen (secondary N) is 1. The van der Waals surface area contributed by atoms with Gasteiger partial charge in [0, 0.05) is 20.1 Å². The first-order valence-corrected chi connectivity index (χ1v) is 6.08. The van der Waals surface area contributed by atoms with Crippen molar-refractivity contribution in [2.24, 2.45) is 0 Å². The second-order valence-electron chi connectivity index (χ2n) is 3.59. The molecule has 1 N–H and O–H groups in total. The van der Waals surface area contributed by atoms with Crippen LogP contribution in [-0.2, 0) is 16.0 Å². The van der Waals surface area contributed by atoms with Gasteiger partial charge in [-0.25, -0.2) is 0 Å². The van der Waals surface area contributed by atoms with Gasteiger partial charge in [-0.2, -0.15) is 0 Å². The Morgan fingerprint density at radius 1 is 1.35 bits per heavy atom. The molecule has 0 heterocycles. The smallest absolute Gasteiger partial charge is 0.220 e. The molecule has 0 radical (unpaired) electrons. The number of benzene rings is 1. The van der Waals surface area contributed by atoms with Crippen molar-refractivity contribution in [3.63, 3.8) is 0 Å². The molecule has 17 heavy (non-hydrogen) atoms. The van der Waals surface area contributed by atoms with Crippen LogP contribution < -0.4 is 5.32 Å². The summed E-state index contributed by atoms with van der Waals surface area (Å²) in [4.78, 5) is 11.4. The summed E-state index contributed by atoms with van der Waals surface area (Å²) >= 11 is 11.7. The lowest BCUT2D eigenvalue weighted by Crippen LogP contribution is -2.27. The van der Waals surface area contributed by atoms with Crippen molar-refractivity contribution in [3.05, 3.63) is 33.8 Å². The van der Waals surface area contributed by atoms with Gasteiger partial charge in [0.15, 0.2) is 0 Å². The van der Waals surface area contributed by atoms with E-state index >= 15 is 0 Å². The van der Waals surface area contributed by atoms with Crippen molar-refractivity contribution in [3.8, 4) is 0 Å². The number of halogens is 2.